The van der Waals surface area contributed by atoms with Crippen LogP contribution in [0.15, 0.2) is 58.7 Å². The van der Waals surface area contributed by atoms with Gasteiger partial charge in [0.25, 0.3) is 5.96 Å². The number of hydrogen-bond donors (Lipinski definition) is 2. The molecule has 2 aromatic carbocycles. The number of halogens is 2. The molecule has 0 fully saturated rings. The van der Waals surface area contributed by atoms with E-state index < -0.39 is 5.03 Å². The van der Waals surface area contributed by atoms with Gasteiger partial charge in [0.1, 0.15) is 5.10 Å². The molecule has 0 aliphatic heterocycles. The Labute approximate surface area is 141 Å². The van der Waals surface area contributed by atoms with Crippen LogP contribution in [0.4, 0.5) is 5.69 Å². The van der Waals surface area contributed by atoms with Gasteiger partial charge in [0.15, 0.2) is 5.03 Å². The number of nitrogens with zero attached hydrogens (tertiary/aromatic N) is 3. The van der Waals surface area contributed by atoms with E-state index in [9.17, 15) is 10.1 Å². The number of hydrazone groups is 2. The van der Waals surface area contributed by atoms with Crippen molar-refractivity contribution in [2.75, 3.05) is 5.32 Å². The second-order valence-corrected chi connectivity index (χ2v) is 5.11. The van der Waals surface area contributed by atoms with Crippen molar-refractivity contribution in [2.45, 2.75) is 0 Å². The second kappa shape index (κ2) is 8.11. The molecule has 9 heteroatoms. The fraction of sp³-hybridized carbons (Fsp3) is 0. The summed E-state index contributed by atoms with van der Waals surface area (Å²) < 4.78 is 0. The first kappa shape index (κ1) is 16.7. The Kier molecular flexibility index (Phi) is 5.90. The van der Waals surface area contributed by atoms with E-state index in [1.54, 1.807) is 48.5 Å². The maximum atomic E-state index is 10.6. The summed E-state index contributed by atoms with van der Waals surface area (Å²) in [7, 11) is 0. The summed E-state index contributed by atoms with van der Waals surface area (Å²) >= 11 is 11.6. The largest absolute Gasteiger partial charge is 0.320 e. The average Bonchev–Trinajstić information content (AvgIpc) is 2.51. The van der Waals surface area contributed by atoms with Crippen LogP contribution in [0.25, 0.3) is 0 Å². The van der Waals surface area contributed by atoms with Crippen LogP contribution in [0.5, 0.6) is 0 Å². The second-order valence-electron chi connectivity index (χ2n) is 4.24. The lowest BCUT2D eigenvalue weighted by Crippen LogP contribution is -2.27. The third-order valence-electron chi connectivity index (χ3n) is 2.54. The van der Waals surface area contributed by atoms with Gasteiger partial charge in [-0.1, -0.05) is 35.3 Å². The van der Waals surface area contributed by atoms with Gasteiger partial charge in [-0.15, -0.1) is 0 Å². The highest BCUT2D eigenvalue weighted by molar-refractivity contribution is 6.30. The molecule has 118 valence electrons. The summed E-state index contributed by atoms with van der Waals surface area (Å²) in [6.07, 6.45) is 1.48. The molecule has 0 bridgehead atoms. The normalized spacial score (nSPS) is 11.5. The number of hydrogen-bond acceptors (Lipinski definition) is 3. The Bertz CT molecular complexity index is 730. The molecular weight excluding hydrogens is 341 g/mol. The van der Waals surface area contributed by atoms with Gasteiger partial charge in [-0.2, -0.15) is 5.10 Å². The molecule has 0 aromatic heterocycles. The predicted molar refractivity (Wildman–Crippen MR) is 91.7 cm³/mol. The fourth-order valence-corrected chi connectivity index (χ4v) is 1.80. The molecule has 7 nitrogen and oxygen atoms in total. The molecule has 2 aromatic rings. The molecule has 0 saturated heterocycles. The van der Waals surface area contributed by atoms with E-state index in [4.69, 9.17) is 23.2 Å². The Morgan fingerprint density at radius 3 is 2.17 bits per heavy atom. The number of rotatable bonds is 4. The van der Waals surface area contributed by atoms with Crippen molar-refractivity contribution in [1.29, 1.82) is 0 Å². The summed E-state index contributed by atoms with van der Waals surface area (Å²) in [4.78, 5) is 10.6. The van der Waals surface area contributed by atoms with Crippen LogP contribution in [0.3, 0.4) is 0 Å². The third kappa shape index (κ3) is 5.93. The summed E-state index contributed by atoms with van der Waals surface area (Å²) in [6, 6.07) is 13.5. The van der Waals surface area contributed by atoms with Crippen LogP contribution >= 0.6 is 23.2 Å². The lowest BCUT2D eigenvalue weighted by molar-refractivity contribution is -0.485. The molecule has 0 aliphatic rings. The van der Waals surface area contributed by atoms with Gasteiger partial charge < -0.3 is 5.32 Å². The number of benzene rings is 2. The van der Waals surface area contributed by atoms with Gasteiger partial charge in [-0.25, -0.2) is 15.5 Å². The van der Waals surface area contributed by atoms with E-state index in [-0.39, 0.29) is 5.96 Å². The fourth-order valence-electron chi connectivity index (χ4n) is 1.54. The van der Waals surface area contributed by atoms with Crippen molar-refractivity contribution < 1.29 is 5.03 Å². The van der Waals surface area contributed by atoms with E-state index in [0.717, 1.165) is 5.56 Å². The zero-order chi connectivity index (χ0) is 16.7. The summed E-state index contributed by atoms with van der Waals surface area (Å²) in [6.45, 7) is 0. The zero-order valence-corrected chi connectivity index (χ0v) is 13.1. The Balaban J connectivity index is 2.05. The molecule has 0 radical (unpaired) electrons. The first-order chi connectivity index (χ1) is 11.0. The number of nitro groups is 1. The monoisotopic (exact) mass is 351 g/mol. The van der Waals surface area contributed by atoms with Crippen molar-refractivity contribution in [3.05, 3.63) is 74.3 Å². The Morgan fingerprint density at radius 1 is 1.04 bits per heavy atom. The van der Waals surface area contributed by atoms with Crippen molar-refractivity contribution in [3.8, 4) is 0 Å². The van der Waals surface area contributed by atoms with Crippen LogP contribution in [0.2, 0.25) is 10.0 Å². The molecule has 2 rings (SSSR count). The minimum absolute atomic E-state index is 0.137. The molecule has 23 heavy (non-hydrogen) atoms. The minimum atomic E-state index is -0.830. The van der Waals surface area contributed by atoms with Crippen molar-refractivity contribution in [3.63, 3.8) is 0 Å². The zero-order valence-electron chi connectivity index (χ0n) is 11.6. The smallest absolute Gasteiger partial charge is 0.293 e. The first-order valence-electron chi connectivity index (χ1n) is 6.33. The van der Waals surface area contributed by atoms with E-state index >= 15 is 0 Å². The van der Waals surface area contributed by atoms with Crippen LogP contribution in [0, 0.1) is 10.1 Å². The average molecular weight is 352 g/mol. The van der Waals surface area contributed by atoms with Crippen LogP contribution in [-0.4, -0.2) is 17.2 Å². The standard InChI is InChI=1S/C14H11Cl2N5O2/c15-11-3-1-10(2-4-11)9-17-19-14(20-21(22)23)18-13-7-5-12(16)6-8-13/h1-9H,(H2,18,19,20)/b17-9+. The van der Waals surface area contributed by atoms with E-state index in [1.165, 1.54) is 6.21 Å². The van der Waals surface area contributed by atoms with Gasteiger partial charge in [0, 0.05) is 15.7 Å². The van der Waals surface area contributed by atoms with E-state index in [0.29, 0.717) is 15.7 Å². The van der Waals surface area contributed by atoms with Crippen LogP contribution in [-0.2, 0) is 0 Å². The van der Waals surface area contributed by atoms with E-state index in [2.05, 4.69) is 20.9 Å². The van der Waals surface area contributed by atoms with Gasteiger partial charge in [0.05, 0.1) is 6.21 Å². The number of anilines is 1. The highest BCUT2D eigenvalue weighted by Gasteiger charge is 2.04. The summed E-state index contributed by atoms with van der Waals surface area (Å²) in [5.41, 5.74) is 3.82. The maximum Gasteiger partial charge on any atom is 0.293 e. The first-order valence-corrected chi connectivity index (χ1v) is 7.09. The number of nitrogens with one attached hydrogen (secondary N) is 2. The quantitative estimate of drug-likeness (QED) is 0.381. The van der Waals surface area contributed by atoms with E-state index in [1.807, 2.05) is 0 Å². The number of guanidine groups is 1. The molecule has 0 saturated carbocycles. The molecule has 0 aliphatic carbocycles. The summed E-state index contributed by atoms with van der Waals surface area (Å²) in [5.74, 6) is -0.137. The Morgan fingerprint density at radius 2 is 1.61 bits per heavy atom. The van der Waals surface area contributed by atoms with Gasteiger partial charge >= 0.3 is 0 Å². The highest BCUT2D eigenvalue weighted by atomic mass is 35.5. The lowest BCUT2D eigenvalue weighted by atomic mass is 10.2. The van der Waals surface area contributed by atoms with Crippen molar-refractivity contribution >= 4 is 41.1 Å². The molecule has 0 atom stereocenters. The van der Waals surface area contributed by atoms with Crippen LogP contribution < -0.4 is 10.7 Å². The third-order valence-corrected chi connectivity index (χ3v) is 3.05. The maximum absolute atomic E-state index is 10.6. The molecule has 0 spiro atoms. The molecular formula is C14H11Cl2N5O2. The predicted octanol–water partition coefficient (Wildman–Crippen LogP) is 3.58. The van der Waals surface area contributed by atoms with Crippen LogP contribution in [0.1, 0.15) is 5.56 Å². The minimum Gasteiger partial charge on any atom is -0.320 e. The Hall–Kier alpha value is -2.64. The lowest BCUT2D eigenvalue weighted by Gasteiger charge is -2.06. The van der Waals surface area contributed by atoms with Gasteiger partial charge in [0.2, 0.25) is 0 Å². The topological polar surface area (TPSA) is 91.9 Å². The van der Waals surface area contributed by atoms with Crippen molar-refractivity contribution in [1.82, 2.24) is 5.43 Å². The molecule has 0 amide bonds. The van der Waals surface area contributed by atoms with Gasteiger partial charge in [-0.05, 0) is 42.0 Å². The van der Waals surface area contributed by atoms with Crippen molar-refractivity contribution in [2.24, 2.45) is 10.2 Å². The molecule has 2 N–H and O–H groups in total. The molecule has 0 heterocycles. The SMILES string of the molecule is O=[N+]([O-])/N=C(/N/N=C/c1ccc(Cl)cc1)Nc1ccc(Cl)cc1. The summed E-state index contributed by atoms with van der Waals surface area (Å²) in [5, 5.41) is 20.7. The highest BCUT2D eigenvalue weighted by Crippen LogP contribution is 2.13. The van der Waals surface area contributed by atoms with Gasteiger partial charge in [-0.3, -0.25) is 0 Å². The molecule has 0 unspecified atom stereocenters.